The minimum absolute atomic E-state index is 0.101. The minimum atomic E-state index is -1.09. The number of benzene rings is 4. The van der Waals surface area contributed by atoms with Crippen molar-refractivity contribution in [3.63, 3.8) is 0 Å². The number of hydrogen-bond donors (Lipinski definition) is 4. The second-order valence-electron chi connectivity index (χ2n) is 18.4. The van der Waals surface area contributed by atoms with E-state index < -0.39 is 29.8 Å². The number of fused-ring (bicyclic) bond motifs is 5. The van der Waals surface area contributed by atoms with Crippen molar-refractivity contribution in [3.05, 3.63) is 137 Å². The maximum absolute atomic E-state index is 15.0. The summed E-state index contributed by atoms with van der Waals surface area (Å²) in [6.45, 7) is 5.23. The molecule has 13 nitrogen and oxygen atoms in total. The molecule has 13 heteroatoms. The van der Waals surface area contributed by atoms with Gasteiger partial charge in [-0.15, -0.1) is 0 Å². The number of aromatic nitrogens is 1. The highest BCUT2D eigenvalue weighted by Crippen LogP contribution is 2.41. The van der Waals surface area contributed by atoms with Crippen molar-refractivity contribution in [2.45, 2.75) is 96.6 Å². The molecule has 0 fully saturated rings. The highest BCUT2D eigenvalue weighted by molar-refractivity contribution is 5.96. The summed E-state index contributed by atoms with van der Waals surface area (Å²) >= 11 is 0. The summed E-state index contributed by atoms with van der Waals surface area (Å²) in [6, 6.07) is 29.8. The van der Waals surface area contributed by atoms with Crippen LogP contribution in [0.5, 0.6) is 11.5 Å². The standard InChI is InChI=1S/C57H69N7O6/c1-4-5-8-39-10-16-42(17-11-39)43-18-12-40(13-19-43)14-20-44(9-6-7-25-58)57(68)64(3)55-46-21-23-54(70-30-27-60)49(34-46)48-32-41(15-22-53(48)69-29-26-59)33-50(63-56(67)38(2)31-52(55)66)51(65)35-45-24-28-62-37-47(45)36-61/h10-13,15-19,21-24,28,32,34,37-38,44,50,55H,4-9,14,20,25-27,29-31,33,35,58-60H2,1-3H3,(H,63,67)/t38-,44-,50+,55+/m1/s1. The average molecular weight is 948 g/mol. The number of ether oxygens (including phenoxy) is 2. The first kappa shape index (κ1) is 52.6. The highest BCUT2D eigenvalue weighted by Gasteiger charge is 2.35. The fraction of sp³-hybridized carbons (Fsp3) is 0.404. The molecule has 2 amide bonds. The number of rotatable bonds is 22. The lowest BCUT2D eigenvalue weighted by molar-refractivity contribution is -0.142. The minimum Gasteiger partial charge on any atom is -0.492 e. The molecule has 0 radical (unpaired) electrons. The second kappa shape index (κ2) is 26.3. The predicted molar refractivity (Wildman–Crippen MR) is 274 cm³/mol. The van der Waals surface area contributed by atoms with E-state index in [0.29, 0.717) is 65.1 Å². The lowest BCUT2D eigenvalue weighted by Gasteiger charge is -2.32. The second-order valence-corrected chi connectivity index (χ2v) is 18.4. The van der Waals surface area contributed by atoms with Gasteiger partial charge in [0, 0.05) is 68.3 Å². The monoisotopic (exact) mass is 948 g/mol. The van der Waals surface area contributed by atoms with Crippen molar-refractivity contribution in [1.29, 1.82) is 5.26 Å². The summed E-state index contributed by atoms with van der Waals surface area (Å²) in [4.78, 5) is 63.9. The molecule has 7 N–H and O–H groups in total. The van der Waals surface area contributed by atoms with Crippen molar-refractivity contribution < 1.29 is 28.7 Å². The Labute approximate surface area is 413 Å². The van der Waals surface area contributed by atoms with E-state index in [0.717, 1.165) is 42.4 Å². The smallest absolute Gasteiger partial charge is 0.226 e. The van der Waals surface area contributed by atoms with Crippen molar-refractivity contribution in [2.75, 3.05) is 39.9 Å². The van der Waals surface area contributed by atoms with Gasteiger partial charge in [-0.05, 0) is 121 Å². The Balaban J connectivity index is 1.36. The predicted octanol–water partition coefficient (Wildman–Crippen LogP) is 7.63. The summed E-state index contributed by atoms with van der Waals surface area (Å²) in [6.07, 6.45) is 9.34. The number of nitrogens with two attached hydrogens (primary N) is 3. The van der Waals surface area contributed by atoms with Crippen molar-refractivity contribution in [3.8, 4) is 39.8 Å². The van der Waals surface area contributed by atoms with Crippen molar-refractivity contribution >= 4 is 23.4 Å². The summed E-state index contributed by atoms with van der Waals surface area (Å²) in [5.41, 5.74) is 25.7. The van der Waals surface area contributed by atoms with E-state index in [9.17, 15) is 19.6 Å². The third kappa shape index (κ3) is 14.0. The van der Waals surface area contributed by atoms with E-state index in [1.54, 1.807) is 38.2 Å². The van der Waals surface area contributed by atoms with Gasteiger partial charge in [0.2, 0.25) is 11.8 Å². The quantitative estimate of drug-likeness (QED) is 0.0495. The summed E-state index contributed by atoms with van der Waals surface area (Å²) in [5.74, 6) is -1.70. The Hall–Kier alpha value is -6.72. The van der Waals surface area contributed by atoms with Gasteiger partial charge >= 0.3 is 0 Å². The zero-order chi connectivity index (χ0) is 50.0. The van der Waals surface area contributed by atoms with Crippen LogP contribution >= 0.6 is 0 Å². The number of Topliss-reactive ketones (excluding diaryl/α,β-unsaturated/α-hetero) is 2. The van der Waals surface area contributed by atoms with Gasteiger partial charge in [0.1, 0.15) is 36.8 Å². The first-order valence-corrected chi connectivity index (χ1v) is 24.7. The zero-order valence-electron chi connectivity index (χ0n) is 41.0. The number of pyridine rings is 1. The summed E-state index contributed by atoms with van der Waals surface area (Å²) < 4.78 is 12.4. The number of nitrogens with zero attached hydrogens (tertiary/aromatic N) is 3. The molecule has 0 aliphatic carbocycles. The average Bonchev–Trinajstić information content (AvgIpc) is 3.37. The number of likely N-dealkylation sites (N-methyl/N-ethyl adjacent to an activating group) is 1. The van der Waals surface area contributed by atoms with Gasteiger partial charge in [-0.3, -0.25) is 24.2 Å². The van der Waals surface area contributed by atoms with Gasteiger partial charge in [0.25, 0.3) is 0 Å². The van der Waals surface area contributed by atoms with Crippen LogP contribution in [0, 0.1) is 23.2 Å². The van der Waals surface area contributed by atoms with E-state index in [-0.39, 0.29) is 68.6 Å². The van der Waals surface area contributed by atoms with E-state index in [4.69, 9.17) is 26.7 Å². The van der Waals surface area contributed by atoms with Crippen molar-refractivity contribution in [2.24, 2.45) is 29.0 Å². The maximum atomic E-state index is 15.0. The van der Waals surface area contributed by atoms with E-state index in [1.807, 2.05) is 18.2 Å². The molecule has 0 unspecified atom stereocenters. The third-order valence-corrected chi connectivity index (χ3v) is 13.1. The molecule has 0 saturated carbocycles. The molecular weight excluding hydrogens is 879 g/mol. The van der Waals surface area contributed by atoms with Crippen LogP contribution in [0.3, 0.4) is 0 Å². The zero-order valence-corrected chi connectivity index (χ0v) is 41.0. The number of carbonyl (C=O) groups excluding carboxylic acids is 4. The maximum Gasteiger partial charge on any atom is 0.226 e. The Morgan fingerprint density at radius 3 is 2.07 bits per heavy atom. The normalized spacial score (nSPS) is 16.3. The Morgan fingerprint density at radius 1 is 0.800 bits per heavy atom. The number of nitriles is 1. The van der Waals surface area contributed by atoms with Crippen LogP contribution < -0.4 is 32.0 Å². The number of unbranched alkanes of at least 4 members (excludes halogenated alkanes) is 2. The number of nitrogens with one attached hydrogen (secondary N) is 1. The van der Waals surface area contributed by atoms with Gasteiger partial charge < -0.3 is 36.9 Å². The highest BCUT2D eigenvalue weighted by atomic mass is 16.5. The van der Waals surface area contributed by atoms with E-state index in [1.165, 1.54) is 29.3 Å². The Bertz CT molecular complexity index is 2590. The van der Waals surface area contributed by atoms with Gasteiger partial charge in [-0.25, -0.2) is 0 Å². The number of ketones is 2. The molecule has 70 heavy (non-hydrogen) atoms. The molecule has 6 rings (SSSR count). The lowest BCUT2D eigenvalue weighted by atomic mass is 9.87. The third-order valence-electron chi connectivity index (χ3n) is 13.1. The molecule has 1 aromatic heterocycles. The first-order chi connectivity index (χ1) is 34.0. The van der Waals surface area contributed by atoms with Crippen molar-refractivity contribution in [1.82, 2.24) is 15.2 Å². The molecule has 0 spiro atoms. The molecule has 2 heterocycles. The van der Waals surface area contributed by atoms with Crippen LogP contribution in [0.4, 0.5) is 0 Å². The molecule has 4 atom stereocenters. The Morgan fingerprint density at radius 2 is 1.44 bits per heavy atom. The first-order valence-electron chi connectivity index (χ1n) is 24.7. The number of hydrogen-bond acceptors (Lipinski definition) is 11. The molecule has 4 aromatic carbocycles. The SMILES string of the molecule is CCCCc1ccc(-c2ccc(CC[C@@H](CCCCN)C(=O)N(C)[C@@H]3C(=O)C[C@@H](C)C(=O)N[C@H](C(=O)Cc4ccncc4C#N)Cc4ccc(OCCN)c(c4)-c4cc3ccc4OCCN)cc2)cc1. The topological polar surface area (TPSA) is 217 Å². The fourth-order valence-electron chi connectivity index (χ4n) is 9.14. The van der Waals surface area contributed by atoms with Crippen LogP contribution in [0.1, 0.15) is 98.2 Å². The molecule has 5 aromatic rings. The number of carbonyl (C=O) groups is 4. The van der Waals surface area contributed by atoms with Crippen LogP contribution in [0.25, 0.3) is 22.3 Å². The lowest BCUT2D eigenvalue weighted by Crippen LogP contribution is -2.46. The van der Waals surface area contributed by atoms with E-state index >= 15 is 4.79 Å². The molecule has 1 aliphatic heterocycles. The van der Waals surface area contributed by atoms with Crippen LogP contribution in [-0.4, -0.2) is 79.2 Å². The van der Waals surface area contributed by atoms with Gasteiger partial charge in [0.15, 0.2) is 11.6 Å². The van der Waals surface area contributed by atoms with Gasteiger partial charge in [-0.2, -0.15) is 5.26 Å². The molecule has 0 saturated heterocycles. The van der Waals surface area contributed by atoms with Gasteiger partial charge in [0.05, 0.1) is 11.6 Å². The van der Waals surface area contributed by atoms with E-state index in [2.05, 4.69) is 71.8 Å². The molecular formula is C57H69N7O6. The van der Waals surface area contributed by atoms with Crippen LogP contribution in [-0.2, 0) is 44.9 Å². The molecule has 1 aliphatic rings. The Kier molecular flexibility index (Phi) is 19.8. The molecule has 4 bridgehead atoms. The number of aryl methyl sites for hydroxylation is 2. The number of amides is 2. The fourth-order valence-corrected chi connectivity index (χ4v) is 9.14. The summed E-state index contributed by atoms with van der Waals surface area (Å²) in [7, 11) is 1.66. The van der Waals surface area contributed by atoms with Crippen LogP contribution in [0.2, 0.25) is 0 Å². The van der Waals surface area contributed by atoms with Crippen LogP contribution in [0.15, 0.2) is 103 Å². The summed E-state index contributed by atoms with van der Waals surface area (Å²) in [5, 5.41) is 12.7. The van der Waals surface area contributed by atoms with Gasteiger partial charge in [-0.1, -0.05) is 87.4 Å². The molecule has 368 valence electrons. The largest absolute Gasteiger partial charge is 0.492 e.